The fourth-order valence-corrected chi connectivity index (χ4v) is 3.69. The number of nitrogens with two attached hydrogens (primary N) is 1. The first-order valence-electron chi connectivity index (χ1n) is 5.36. The van der Waals surface area contributed by atoms with E-state index in [2.05, 4.69) is 14.7 Å². The zero-order valence-corrected chi connectivity index (χ0v) is 11.3. The van der Waals surface area contributed by atoms with Crippen molar-refractivity contribution in [3.63, 3.8) is 0 Å². The van der Waals surface area contributed by atoms with E-state index >= 15 is 0 Å². The number of sulfonamides is 1. The Balaban J connectivity index is 1.96. The Hall–Kier alpha value is -2.06. The quantitative estimate of drug-likeness (QED) is 0.687. The topological polar surface area (TPSA) is 101 Å². The number of thiophene rings is 1. The van der Waals surface area contributed by atoms with Crippen LogP contribution in [-0.2, 0) is 10.0 Å². The fourth-order valence-electron chi connectivity index (χ4n) is 1.65. The van der Waals surface area contributed by atoms with Gasteiger partial charge in [-0.15, -0.1) is 11.3 Å². The highest BCUT2D eigenvalue weighted by Gasteiger charge is 2.18. The highest BCUT2D eigenvalue weighted by molar-refractivity contribution is 7.94. The van der Waals surface area contributed by atoms with Gasteiger partial charge in [-0.25, -0.2) is 18.1 Å². The van der Waals surface area contributed by atoms with E-state index in [0.29, 0.717) is 11.2 Å². The number of aromatic nitrogens is 2. The summed E-state index contributed by atoms with van der Waals surface area (Å²) >= 11 is 1.07. The summed E-state index contributed by atoms with van der Waals surface area (Å²) in [4.78, 5) is 7.06. The number of fused-ring (bicyclic) bond motifs is 1. The van der Waals surface area contributed by atoms with E-state index in [1.54, 1.807) is 11.4 Å². The van der Waals surface area contributed by atoms with Gasteiger partial charge in [0.1, 0.15) is 4.21 Å². The van der Waals surface area contributed by atoms with Crippen molar-refractivity contribution in [1.82, 2.24) is 9.97 Å². The third-order valence-electron chi connectivity index (χ3n) is 2.48. The summed E-state index contributed by atoms with van der Waals surface area (Å²) < 4.78 is 26.7. The second-order valence-electron chi connectivity index (χ2n) is 3.91. The minimum Gasteiger partial charge on any atom is -0.398 e. The molecule has 6 nitrogen and oxygen atoms in total. The number of nitrogens with zero attached hydrogens (tertiary/aromatic N) is 1. The van der Waals surface area contributed by atoms with E-state index < -0.39 is 10.0 Å². The number of para-hydroxylation sites is 2. The monoisotopic (exact) mass is 294 g/mol. The minimum atomic E-state index is -3.65. The molecule has 0 unspecified atom stereocenters. The van der Waals surface area contributed by atoms with Gasteiger partial charge in [0.05, 0.1) is 11.0 Å². The van der Waals surface area contributed by atoms with Gasteiger partial charge in [-0.3, -0.25) is 0 Å². The van der Waals surface area contributed by atoms with Gasteiger partial charge in [-0.2, -0.15) is 0 Å². The predicted molar refractivity (Wildman–Crippen MR) is 75.6 cm³/mol. The summed E-state index contributed by atoms with van der Waals surface area (Å²) in [6, 6.07) is 8.71. The molecule has 2 aromatic heterocycles. The van der Waals surface area contributed by atoms with Gasteiger partial charge in [-0.1, -0.05) is 12.1 Å². The standard InChI is InChI=1S/C11H10N4O2S2/c12-7-5-10(18-6-7)19(16,17)15-11-13-8-3-1-2-4-9(8)14-11/h1-6H,12H2,(H2,13,14,15). The molecule has 98 valence electrons. The van der Waals surface area contributed by atoms with Gasteiger partial charge in [0, 0.05) is 11.1 Å². The maximum absolute atomic E-state index is 12.1. The van der Waals surface area contributed by atoms with Crippen molar-refractivity contribution >= 4 is 44.0 Å². The van der Waals surface area contributed by atoms with Gasteiger partial charge in [0.15, 0.2) is 0 Å². The molecule has 19 heavy (non-hydrogen) atoms. The summed E-state index contributed by atoms with van der Waals surface area (Å²) in [7, 11) is -3.65. The van der Waals surface area contributed by atoms with E-state index in [1.807, 2.05) is 18.2 Å². The Morgan fingerprint density at radius 2 is 2.11 bits per heavy atom. The number of benzene rings is 1. The molecule has 0 fully saturated rings. The SMILES string of the molecule is Nc1csc(S(=O)(=O)Nc2nc3ccccc3[nH]2)c1. The first-order valence-corrected chi connectivity index (χ1v) is 7.72. The molecule has 3 rings (SSSR count). The Morgan fingerprint density at radius 3 is 2.79 bits per heavy atom. The molecular formula is C11H10N4O2S2. The van der Waals surface area contributed by atoms with Gasteiger partial charge in [-0.05, 0) is 18.2 Å². The summed E-state index contributed by atoms with van der Waals surface area (Å²) in [5.41, 5.74) is 7.42. The van der Waals surface area contributed by atoms with Crippen molar-refractivity contribution in [2.75, 3.05) is 10.5 Å². The molecule has 0 amide bonds. The maximum atomic E-state index is 12.1. The number of anilines is 2. The molecular weight excluding hydrogens is 284 g/mol. The van der Waals surface area contributed by atoms with Crippen LogP contribution in [0.2, 0.25) is 0 Å². The van der Waals surface area contributed by atoms with Gasteiger partial charge < -0.3 is 10.7 Å². The molecule has 4 N–H and O–H groups in total. The molecule has 0 aliphatic carbocycles. The average Bonchev–Trinajstić information content (AvgIpc) is 2.94. The van der Waals surface area contributed by atoms with Crippen molar-refractivity contribution in [3.8, 4) is 0 Å². The molecule has 0 atom stereocenters. The molecule has 0 radical (unpaired) electrons. The minimum absolute atomic E-state index is 0.158. The Labute approximate surface area is 113 Å². The molecule has 2 heterocycles. The van der Waals surface area contributed by atoms with Crippen LogP contribution in [0.1, 0.15) is 0 Å². The number of nitrogens with one attached hydrogen (secondary N) is 2. The van der Waals surface area contributed by atoms with Crippen molar-refractivity contribution < 1.29 is 8.42 Å². The van der Waals surface area contributed by atoms with Gasteiger partial charge >= 0.3 is 0 Å². The molecule has 1 aromatic carbocycles. The first kappa shape index (κ1) is 12.0. The van der Waals surface area contributed by atoms with Crippen molar-refractivity contribution in [2.45, 2.75) is 4.21 Å². The summed E-state index contributed by atoms with van der Waals surface area (Å²) in [5, 5.41) is 1.58. The van der Waals surface area contributed by atoms with Gasteiger partial charge in [0.2, 0.25) is 5.95 Å². The van der Waals surface area contributed by atoms with Crippen LogP contribution in [0.3, 0.4) is 0 Å². The zero-order chi connectivity index (χ0) is 13.5. The number of hydrogen-bond donors (Lipinski definition) is 3. The van der Waals surface area contributed by atoms with Crippen LogP contribution in [0.25, 0.3) is 11.0 Å². The second-order valence-corrected chi connectivity index (χ2v) is 6.73. The lowest BCUT2D eigenvalue weighted by Gasteiger charge is -2.01. The lowest BCUT2D eigenvalue weighted by Crippen LogP contribution is -2.12. The number of nitrogen functional groups attached to an aromatic ring is 1. The van der Waals surface area contributed by atoms with Crippen molar-refractivity contribution in [3.05, 3.63) is 35.7 Å². The second kappa shape index (κ2) is 4.25. The molecule has 0 saturated heterocycles. The Bertz CT molecular complexity index is 802. The number of H-pyrrole nitrogens is 1. The summed E-state index contributed by atoms with van der Waals surface area (Å²) in [6.07, 6.45) is 0. The van der Waals surface area contributed by atoms with E-state index in [9.17, 15) is 8.42 Å². The summed E-state index contributed by atoms with van der Waals surface area (Å²) in [6.45, 7) is 0. The number of rotatable bonds is 3. The third kappa shape index (κ3) is 2.27. The number of imidazole rings is 1. The van der Waals surface area contributed by atoms with Crippen LogP contribution in [0.15, 0.2) is 39.9 Å². The molecule has 8 heteroatoms. The number of aromatic amines is 1. The normalized spacial score (nSPS) is 11.8. The largest absolute Gasteiger partial charge is 0.398 e. The van der Waals surface area contributed by atoms with E-state index in [1.165, 1.54) is 6.07 Å². The molecule has 0 saturated carbocycles. The van der Waals surface area contributed by atoms with E-state index in [-0.39, 0.29) is 10.2 Å². The van der Waals surface area contributed by atoms with Crippen LogP contribution < -0.4 is 10.5 Å². The first-order chi connectivity index (χ1) is 9.04. The smallest absolute Gasteiger partial charge is 0.273 e. The lowest BCUT2D eigenvalue weighted by molar-refractivity contribution is 0.603. The lowest BCUT2D eigenvalue weighted by atomic mass is 10.3. The van der Waals surface area contributed by atoms with Crippen LogP contribution in [0, 0.1) is 0 Å². The molecule has 0 spiro atoms. The van der Waals surface area contributed by atoms with E-state index in [0.717, 1.165) is 16.9 Å². The maximum Gasteiger partial charge on any atom is 0.273 e. The van der Waals surface area contributed by atoms with Crippen LogP contribution in [0.5, 0.6) is 0 Å². The van der Waals surface area contributed by atoms with Crippen LogP contribution in [-0.4, -0.2) is 18.4 Å². The van der Waals surface area contributed by atoms with Crippen LogP contribution in [0.4, 0.5) is 11.6 Å². The third-order valence-corrected chi connectivity index (χ3v) is 5.28. The summed E-state index contributed by atoms with van der Waals surface area (Å²) in [5.74, 6) is 0.188. The highest BCUT2D eigenvalue weighted by Crippen LogP contribution is 2.24. The van der Waals surface area contributed by atoms with Crippen molar-refractivity contribution in [1.29, 1.82) is 0 Å². The fraction of sp³-hybridized carbons (Fsp3) is 0. The molecule has 0 bridgehead atoms. The van der Waals surface area contributed by atoms with E-state index in [4.69, 9.17) is 5.73 Å². The zero-order valence-electron chi connectivity index (χ0n) is 9.62. The van der Waals surface area contributed by atoms with Gasteiger partial charge in [0.25, 0.3) is 10.0 Å². The number of hydrogen-bond acceptors (Lipinski definition) is 5. The molecule has 3 aromatic rings. The average molecular weight is 294 g/mol. The highest BCUT2D eigenvalue weighted by atomic mass is 32.2. The molecule has 0 aliphatic heterocycles. The van der Waals surface area contributed by atoms with Crippen molar-refractivity contribution in [2.24, 2.45) is 0 Å². The Morgan fingerprint density at radius 1 is 1.32 bits per heavy atom. The Kier molecular flexibility index (Phi) is 2.68. The van der Waals surface area contributed by atoms with Crippen LogP contribution >= 0.6 is 11.3 Å². The predicted octanol–water partition coefficient (Wildman–Crippen LogP) is 2.01. The molecule has 0 aliphatic rings.